The summed E-state index contributed by atoms with van der Waals surface area (Å²) in [4.78, 5) is 13.3. The van der Waals surface area contributed by atoms with Crippen LogP contribution in [0, 0.1) is 6.92 Å². The maximum atomic E-state index is 13.3. The molecule has 0 aliphatic carbocycles. The summed E-state index contributed by atoms with van der Waals surface area (Å²) < 4.78 is 7.75. The van der Waals surface area contributed by atoms with Gasteiger partial charge in [-0.15, -0.1) is 0 Å². The van der Waals surface area contributed by atoms with Crippen LogP contribution in [0.15, 0.2) is 61.2 Å². The number of carbonyl (C=O) groups excluding carboxylic acids is 1. The second-order valence-corrected chi connectivity index (χ2v) is 9.78. The SMILES string of the molecule is C=C/C=C\C(=C/C)n1nc(C(=O)OC2CC(C)(C)N(O)C(C)(C)C2)c(C)c1-c1ccccc1. The van der Waals surface area contributed by atoms with Crippen molar-refractivity contribution in [1.82, 2.24) is 14.8 Å². The largest absolute Gasteiger partial charge is 0.457 e. The second-order valence-electron chi connectivity index (χ2n) is 9.78. The van der Waals surface area contributed by atoms with Crippen molar-refractivity contribution in [3.05, 3.63) is 72.5 Å². The molecule has 1 N–H and O–H groups in total. The van der Waals surface area contributed by atoms with Crippen LogP contribution in [0.5, 0.6) is 0 Å². The van der Waals surface area contributed by atoms with Crippen LogP contribution in [-0.2, 0) is 4.74 Å². The van der Waals surface area contributed by atoms with Crippen molar-refractivity contribution >= 4 is 11.7 Å². The summed E-state index contributed by atoms with van der Waals surface area (Å²) in [6, 6.07) is 9.89. The van der Waals surface area contributed by atoms with Crippen molar-refractivity contribution < 1.29 is 14.7 Å². The fraction of sp³-hybridized carbons (Fsp3) is 0.407. The second kappa shape index (κ2) is 9.49. The molecule has 6 heteroatoms. The number of ether oxygens (including phenoxy) is 1. The van der Waals surface area contributed by atoms with Crippen molar-refractivity contribution in [3.63, 3.8) is 0 Å². The summed E-state index contributed by atoms with van der Waals surface area (Å²) in [5.74, 6) is -0.449. The quantitative estimate of drug-likeness (QED) is 0.431. The fourth-order valence-corrected chi connectivity index (χ4v) is 4.74. The summed E-state index contributed by atoms with van der Waals surface area (Å²) in [6.45, 7) is 15.4. The zero-order valence-corrected chi connectivity index (χ0v) is 20.5. The number of esters is 1. The smallest absolute Gasteiger partial charge is 0.359 e. The normalized spacial score (nSPS) is 19.1. The van der Waals surface area contributed by atoms with E-state index in [1.165, 1.54) is 5.06 Å². The first-order valence-electron chi connectivity index (χ1n) is 11.3. The number of allylic oxidation sites excluding steroid dienone is 5. The van der Waals surface area contributed by atoms with Gasteiger partial charge in [-0.3, -0.25) is 0 Å². The van der Waals surface area contributed by atoms with Gasteiger partial charge in [-0.25, -0.2) is 9.48 Å². The highest BCUT2D eigenvalue weighted by Gasteiger charge is 2.46. The molecular weight excluding hydrogens is 414 g/mol. The van der Waals surface area contributed by atoms with Gasteiger partial charge in [0.1, 0.15) is 6.10 Å². The summed E-state index contributed by atoms with van der Waals surface area (Å²) in [6.07, 6.45) is 8.13. The number of nitrogens with zero attached hydrogens (tertiary/aromatic N) is 3. The number of rotatable bonds is 6. The molecule has 0 radical (unpaired) electrons. The Morgan fingerprint density at radius 2 is 1.79 bits per heavy atom. The van der Waals surface area contributed by atoms with Crippen LogP contribution in [0.1, 0.15) is 63.5 Å². The molecule has 2 aromatic rings. The molecule has 0 atom stereocenters. The van der Waals surface area contributed by atoms with Crippen molar-refractivity contribution in [2.75, 3.05) is 0 Å². The third kappa shape index (κ3) is 5.02. The molecule has 0 saturated carbocycles. The van der Waals surface area contributed by atoms with Gasteiger partial charge in [0.25, 0.3) is 0 Å². The number of carbonyl (C=O) groups is 1. The van der Waals surface area contributed by atoms with E-state index >= 15 is 0 Å². The van der Waals surface area contributed by atoms with Crippen LogP contribution in [0.3, 0.4) is 0 Å². The predicted octanol–water partition coefficient (Wildman–Crippen LogP) is 6.03. The van der Waals surface area contributed by atoms with Crippen LogP contribution in [0.4, 0.5) is 0 Å². The number of piperidine rings is 1. The first kappa shape index (κ1) is 24.7. The van der Waals surface area contributed by atoms with Gasteiger partial charge in [-0.05, 0) is 47.6 Å². The molecule has 1 aromatic carbocycles. The van der Waals surface area contributed by atoms with Crippen molar-refractivity contribution in [2.24, 2.45) is 0 Å². The Morgan fingerprint density at radius 1 is 1.18 bits per heavy atom. The minimum atomic E-state index is -0.510. The molecule has 6 nitrogen and oxygen atoms in total. The lowest BCUT2D eigenvalue weighted by Crippen LogP contribution is -2.60. The Bertz CT molecular complexity index is 1060. The molecular formula is C27H35N3O3. The Balaban J connectivity index is 2.01. The molecule has 2 heterocycles. The van der Waals surface area contributed by atoms with Crippen LogP contribution in [-0.4, -0.2) is 43.2 Å². The Kier molecular flexibility index (Phi) is 7.10. The number of hydroxylamine groups is 2. The maximum Gasteiger partial charge on any atom is 0.359 e. The first-order valence-corrected chi connectivity index (χ1v) is 11.3. The van der Waals surface area contributed by atoms with Gasteiger partial charge in [-0.2, -0.15) is 10.2 Å². The number of aromatic nitrogens is 2. The summed E-state index contributed by atoms with van der Waals surface area (Å²) in [5.41, 5.74) is 2.66. The van der Waals surface area contributed by atoms with E-state index in [0.29, 0.717) is 18.5 Å². The van der Waals surface area contributed by atoms with Crippen LogP contribution >= 0.6 is 0 Å². The van der Waals surface area contributed by atoms with Gasteiger partial charge in [0.05, 0.1) is 11.4 Å². The minimum absolute atomic E-state index is 0.294. The van der Waals surface area contributed by atoms with E-state index in [2.05, 4.69) is 6.58 Å². The molecule has 0 unspecified atom stereocenters. The molecule has 33 heavy (non-hydrogen) atoms. The third-order valence-electron chi connectivity index (χ3n) is 6.18. The highest BCUT2D eigenvalue weighted by atomic mass is 16.5. The van der Waals surface area contributed by atoms with E-state index in [9.17, 15) is 10.0 Å². The Hall–Kier alpha value is -2.96. The molecule has 0 spiro atoms. The number of hydrogen-bond acceptors (Lipinski definition) is 5. The lowest BCUT2D eigenvalue weighted by molar-refractivity contribution is -0.256. The molecule has 176 valence electrons. The Morgan fingerprint density at radius 3 is 2.33 bits per heavy atom. The van der Waals surface area contributed by atoms with Crippen molar-refractivity contribution in [1.29, 1.82) is 0 Å². The number of hydrogen-bond donors (Lipinski definition) is 1. The highest BCUT2D eigenvalue weighted by Crippen LogP contribution is 2.38. The van der Waals surface area contributed by atoms with E-state index in [0.717, 1.165) is 22.5 Å². The molecule has 1 fully saturated rings. The third-order valence-corrected chi connectivity index (χ3v) is 6.18. The minimum Gasteiger partial charge on any atom is -0.457 e. The standard InChI is InChI=1S/C27H35N3O3/c1-8-10-16-21(9-2)29-24(20-14-12-11-13-15-20)19(3)23(28-29)25(31)33-22-17-26(4,5)30(32)27(6,7)18-22/h8-16,22,32H,1,17-18H2,2-7H3/b16-10-,21-9+. The molecule has 1 saturated heterocycles. The van der Waals surface area contributed by atoms with E-state index in [-0.39, 0.29) is 6.10 Å². The highest BCUT2D eigenvalue weighted by molar-refractivity contribution is 5.92. The van der Waals surface area contributed by atoms with Gasteiger partial charge in [0.2, 0.25) is 0 Å². The number of benzene rings is 1. The summed E-state index contributed by atoms with van der Waals surface area (Å²) in [5, 5.41) is 16.6. The zero-order chi connectivity index (χ0) is 24.4. The predicted molar refractivity (Wildman–Crippen MR) is 132 cm³/mol. The molecule has 0 bridgehead atoms. The van der Waals surface area contributed by atoms with E-state index in [4.69, 9.17) is 9.84 Å². The monoisotopic (exact) mass is 449 g/mol. The summed E-state index contributed by atoms with van der Waals surface area (Å²) in [7, 11) is 0. The average molecular weight is 450 g/mol. The lowest BCUT2D eigenvalue weighted by Gasteiger charge is -2.50. The molecule has 1 aliphatic rings. The zero-order valence-electron chi connectivity index (χ0n) is 20.5. The van der Waals surface area contributed by atoms with Gasteiger partial charge < -0.3 is 9.94 Å². The summed E-state index contributed by atoms with van der Waals surface area (Å²) >= 11 is 0. The molecule has 0 amide bonds. The van der Waals surface area contributed by atoms with Crippen molar-refractivity contribution in [2.45, 2.75) is 71.6 Å². The average Bonchev–Trinajstić information content (AvgIpc) is 3.10. The first-order chi connectivity index (χ1) is 15.5. The van der Waals surface area contributed by atoms with Crippen LogP contribution in [0.2, 0.25) is 0 Å². The van der Waals surface area contributed by atoms with Crippen molar-refractivity contribution in [3.8, 4) is 11.3 Å². The van der Waals surface area contributed by atoms with E-state index < -0.39 is 17.0 Å². The van der Waals surface area contributed by atoms with Crippen LogP contribution in [0.25, 0.3) is 17.0 Å². The van der Waals surface area contributed by atoms with Gasteiger partial charge in [0.15, 0.2) is 5.69 Å². The van der Waals surface area contributed by atoms with E-state index in [1.54, 1.807) is 10.8 Å². The van der Waals surface area contributed by atoms with Gasteiger partial charge in [0, 0.05) is 35.0 Å². The molecule has 1 aliphatic heterocycles. The molecule has 3 rings (SSSR count). The Labute approximate surface area is 196 Å². The molecule has 1 aromatic heterocycles. The van der Waals surface area contributed by atoms with Crippen LogP contribution < -0.4 is 0 Å². The fourth-order valence-electron chi connectivity index (χ4n) is 4.74. The topological polar surface area (TPSA) is 67.6 Å². The maximum absolute atomic E-state index is 13.3. The lowest BCUT2D eigenvalue weighted by atomic mass is 9.80. The van der Waals surface area contributed by atoms with Gasteiger partial charge in [-0.1, -0.05) is 55.1 Å². The van der Waals surface area contributed by atoms with Gasteiger partial charge >= 0.3 is 5.97 Å². The van der Waals surface area contributed by atoms with E-state index in [1.807, 2.05) is 90.1 Å².